The third-order valence-electron chi connectivity index (χ3n) is 5.69. The fourth-order valence-corrected chi connectivity index (χ4v) is 5.49. The number of sulfone groups is 1. The Kier molecular flexibility index (Phi) is 4.53. The van der Waals surface area contributed by atoms with Crippen LogP contribution in [0, 0.1) is 5.82 Å². The van der Waals surface area contributed by atoms with Gasteiger partial charge in [-0.1, -0.05) is 12.1 Å². The molecule has 1 unspecified atom stereocenters. The smallest absolute Gasteiger partial charge is 0.244 e. The highest BCUT2D eigenvalue weighted by molar-refractivity contribution is 7.91. The van der Waals surface area contributed by atoms with E-state index in [1.165, 1.54) is 18.4 Å². The van der Waals surface area contributed by atoms with Gasteiger partial charge in [0.2, 0.25) is 5.91 Å². The number of amides is 1. The van der Waals surface area contributed by atoms with E-state index in [-0.39, 0.29) is 35.6 Å². The standard InChI is InChI=1S/C19H22FN3O3S/c1-27(25,26)18-8-16-6-7-17(9-18)23(16)19(24)12-22-11-14(10-21-22)13-2-4-15(20)5-3-13/h2-5,10-11,16-18H,6-9,12H2,1H3/t16-,17+,18?. The van der Waals surface area contributed by atoms with E-state index >= 15 is 0 Å². The van der Waals surface area contributed by atoms with Gasteiger partial charge in [-0.05, 0) is 43.4 Å². The Morgan fingerprint density at radius 1 is 1.15 bits per heavy atom. The number of carbonyl (C=O) groups excluding carboxylic acids is 1. The molecule has 6 nitrogen and oxygen atoms in total. The molecular weight excluding hydrogens is 369 g/mol. The monoisotopic (exact) mass is 391 g/mol. The molecule has 0 spiro atoms. The van der Waals surface area contributed by atoms with Crippen LogP contribution >= 0.6 is 0 Å². The van der Waals surface area contributed by atoms with Crippen molar-refractivity contribution in [2.45, 2.75) is 49.6 Å². The van der Waals surface area contributed by atoms with Crippen LogP contribution in [0.3, 0.4) is 0 Å². The molecule has 3 atom stereocenters. The molecule has 0 radical (unpaired) electrons. The number of fused-ring (bicyclic) bond motifs is 2. The van der Waals surface area contributed by atoms with Crippen molar-refractivity contribution in [3.63, 3.8) is 0 Å². The number of aromatic nitrogens is 2. The number of rotatable bonds is 4. The molecule has 2 saturated heterocycles. The molecule has 2 aliphatic rings. The van der Waals surface area contributed by atoms with Crippen molar-refractivity contribution in [3.05, 3.63) is 42.5 Å². The molecule has 8 heteroatoms. The Labute approximate surface area is 157 Å². The Hall–Kier alpha value is -2.22. The van der Waals surface area contributed by atoms with E-state index in [4.69, 9.17) is 0 Å². The maximum absolute atomic E-state index is 13.1. The zero-order valence-electron chi connectivity index (χ0n) is 15.1. The molecule has 2 bridgehead atoms. The van der Waals surface area contributed by atoms with Crippen molar-refractivity contribution in [2.24, 2.45) is 0 Å². The number of halogens is 1. The summed E-state index contributed by atoms with van der Waals surface area (Å²) in [6.07, 6.45) is 7.50. The zero-order valence-corrected chi connectivity index (χ0v) is 15.9. The molecule has 144 valence electrons. The van der Waals surface area contributed by atoms with Gasteiger partial charge in [0.15, 0.2) is 0 Å². The van der Waals surface area contributed by atoms with Gasteiger partial charge in [-0.2, -0.15) is 5.10 Å². The second kappa shape index (κ2) is 6.74. The fraction of sp³-hybridized carbons (Fsp3) is 0.474. The van der Waals surface area contributed by atoms with E-state index in [0.29, 0.717) is 12.8 Å². The molecule has 2 aliphatic heterocycles. The van der Waals surface area contributed by atoms with Gasteiger partial charge >= 0.3 is 0 Å². The van der Waals surface area contributed by atoms with Crippen molar-refractivity contribution in [1.29, 1.82) is 0 Å². The van der Waals surface area contributed by atoms with Crippen LogP contribution in [0.15, 0.2) is 36.7 Å². The molecule has 4 rings (SSSR count). The first-order valence-electron chi connectivity index (χ1n) is 9.09. The van der Waals surface area contributed by atoms with Crippen LogP contribution in [-0.4, -0.2) is 52.6 Å². The molecule has 2 fully saturated rings. The largest absolute Gasteiger partial charge is 0.335 e. The van der Waals surface area contributed by atoms with Gasteiger partial charge in [0, 0.05) is 30.1 Å². The molecule has 0 N–H and O–H groups in total. The Bertz CT molecular complexity index is 941. The maximum atomic E-state index is 13.1. The molecule has 0 saturated carbocycles. The maximum Gasteiger partial charge on any atom is 0.244 e. The topological polar surface area (TPSA) is 72.3 Å². The van der Waals surface area contributed by atoms with Crippen molar-refractivity contribution in [3.8, 4) is 11.1 Å². The highest BCUT2D eigenvalue weighted by Gasteiger charge is 2.45. The average Bonchev–Trinajstić information content (AvgIpc) is 3.17. The van der Waals surface area contributed by atoms with Gasteiger partial charge in [-0.25, -0.2) is 12.8 Å². The van der Waals surface area contributed by atoms with Crippen LogP contribution in [-0.2, 0) is 21.2 Å². The van der Waals surface area contributed by atoms with Gasteiger partial charge in [0.05, 0.1) is 11.4 Å². The number of hydrogen-bond donors (Lipinski definition) is 0. The van der Waals surface area contributed by atoms with Gasteiger partial charge in [-0.15, -0.1) is 0 Å². The quantitative estimate of drug-likeness (QED) is 0.801. The number of nitrogens with zero attached hydrogens (tertiary/aromatic N) is 3. The minimum atomic E-state index is -3.07. The van der Waals surface area contributed by atoms with Crippen LogP contribution in [0.25, 0.3) is 11.1 Å². The summed E-state index contributed by atoms with van der Waals surface area (Å²) in [4.78, 5) is 14.7. The summed E-state index contributed by atoms with van der Waals surface area (Å²) in [5.41, 5.74) is 1.66. The lowest BCUT2D eigenvalue weighted by Crippen LogP contribution is -2.50. The normalized spacial score (nSPS) is 25.0. The number of hydrogen-bond acceptors (Lipinski definition) is 4. The first-order chi connectivity index (χ1) is 12.8. The van der Waals surface area contributed by atoms with Gasteiger partial charge in [0.25, 0.3) is 0 Å². The molecule has 3 heterocycles. The molecule has 1 amide bonds. The Morgan fingerprint density at radius 3 is 2.37 bits per heavy atom. The van der Waals surface area contributed by atoms with E-state index in [1.54, 1.807) is 29.2 Å². The van der Waals surface area contributed by atoms with E-state index in [0.717, 1.165) is 24.0 Å². The zero-order chi connectivity index (χ0) is 19.2. The van der Waals surface area contributed by atoms with Gasteiger partial charge in [-0.3, -0.25) is 9.48 Å². The van der Waals surface area contributed by atoms with Crippen LogP contribution in [0.5, 0.6) is 0 Å². The Balaban J connectivity index is 1.45. The summed E-state index contributed by atoms with van der Waals surface area (Å²) in [6.45, 7) is 0.123. The third-order valence-corrected chi connectivity index (χ3v) is 7.29. The summed E-state index contributed by atoms with van der Waals surface area (Å²) < 4.78 is 38.4. The first-order valence-corrected chi connectivity index (χ1v) is 11.0. The van der Waals surface area contributed by atoms with Crippen molar-refractivity contribution >= 4 is 15.7 Å². The molecule has 0 aliphatic carbocycles. The second-order valence-electron chi connectivity index (χ2n) is 7.54. The Morgan fingerprint density at radius 2 is 1.78 bits per heavy atom. The predicted octanol–water partition coefficient (Wildman–Crippen LogP) is 2.26. The molecular formula is C19H22FN3O3S. The summed E-state index contributed by atoms with van der Waals surface area (Å²) in [7, 11) is -3.07. The lowest BCUT2D eigenvalue weighted by atomic mass is 10.0. The number of benzene rings is 1. The van der Waals surface area contributed by atoms with Crippen LogP contribution < -0.4 is 0 Å². The van der Waals surface area contributed by atoms with Crippen molar-refractivity contribution in [2.75, 3.05) is 6.26 Å². The number of piperidine rings is 1. The molecule has 2 aromatic rings. The summed E-state index contributed by atoms with van der Waals surface area (Å²) in [6, 6.07) is 6.14. The summed E-state index contributed by atoms with van der Waals surface area (Å²) in [5.74, 6) is -0.322. The highest BCUT2D eigenvalue weighted by Crippen LogP contribution is 2.38. The van der Waals surface area contributed by atoms with Crippen LogP contribution in [0.2, 0.25) is 0 Å². The van der Waals surface area contributed by atoms with E-state index < -0.39 is 9.84 Å². The first kappa shape index (κ1) is 18.2. The number of carbonyl (C=O) groups is 1. The van der Waals surface area contributed by atoms with Crippen molar-refractivity contribution < 1.29 is 17.6 Å². The molecule has 1 aromatic carbocycles. The summed E-state index contributed by atoms with van der Waals surface area (Å²) in [5, 5.41) is 3.91. The molecule has 27 heavy (non-hydrogen) atoms. The SMILES string of the molecule is CS(=O)(=O)C1C[C@H]2CC[C@@H](C1)N2C(=O)Cn1cc(-c2ccc(F)cc2)cn1. The van der Waals surface area contributed by atoms with Crippen LogP contribution in [0.1, 0.15) is 25.7 Å². The van der Waals surface area contributed by atoms with E-state index in [2.05, 4.69) is 5.10 Å². The summed E-state index contributed by atoms with van der Waals surface area (Å²) >= 11 is 0. The van der Waals surface area contributed by atoms with Gasteiger partial charge in [0.1, 0.15) is 22.2 Å². The van der Waals surface area contributed by atoms with Crippen LogP contribution in [0.4, 0.5) is 4.39 Å². The molecule has 1 aromatic heterocycles. The highest BCUT2D eigenvalue weighted by atomic mass is 32.2. The second-order valence-corrected chi connectivity index (χ2v) is 9.87. The van der Waals surface area contributed by atoms with Crippen molar-refractivity contribution in [1.82, 2.24) is 14.7 Å². The minimum Gasteiger partial charge on any atom is -0.335 e. The lowest BCUT2D eigenvalue weighted by molar-refractivity contribution is -0.136. The lowest BCUT2D eigenvalue weighted by Gasteiger charge is -2.38. The fourth-order valence-electron chi connectivity index (χ4n) is 4.35. The third kappa shape index (κ3) is 3.63. The van der Waals surface area contributed by atoms with E-state index in [1.807, 2.05) is 4.90 Å². The van der Waals surface area contributed by atoms with E-state index in [9.17, 15) is 17.6 Å². The minimum absolute atomic E-state index is 0.00288. The average molecular weight is 391 g/mol. The predicted molar refractivity (Wildman–Crippen MR) is 99.1 cm³/mol. The van der Waals surface area contributed by atoms with Gasteiger partial charge < -0.3 is 4.90 Å².